The molecule has 2 aromatic heterocycles. The standard InChI is InChI=1S/C16H17ClN4O/c1-9-10(2)20-13-5-4-11(6-12(9)13)7-18-14-8-19-21(3)16(22)15(14)17/h4-6,8,18,20H,7H2,1-3H3. The average Bonchev–Trinajstić information content (AvgIpc) is 2.79. The normalized spacial score (nSPS) is 11.1. The Morgan fingerprint density at radius 1 is 1.36 bits per heavy atom. The smallest absolute Gasteiger partial charge is 0.287 e. The van der Waals surface area contributed by atoms with Crippen molar-refractivity contribution in [2.24, 2.45) is 7.05 Å². The molecular weight excluding hydrogens is 300 g/mol. The van der Waals surface area contributed by atoms with Gasteiger partial charge in [0.15, 0.2) is 0 Å². The van der Waals surface area contributed by atoms with Crippen molar-refractivity contribution in [1.29, 1.82) is 0 Å². The van der Waals surface area contributed by atoms with Crippen molar-refractivity contribution in [2.45, 2.75) is 20.4 Å². The van der Waals surface area contributed by atoms with E-state index in [1.807, 2.05) is 6.07 Å². The zero-order valence-electron chi connectivity index (χ0n) is 12.7. The Morgan fingerprint density at radius 3 is 2.91 bits per heavy atom. The molecule has 0 aliphatic rings. The van der Waals surface area contributed by atoms with Gasteiger partial charge in [-0.2, -0.15) is 5.10 Å². The van der Waals surface area contributed by atoms with E-state index in [9.17, 15) is 4.79 Å². The molecule has 1 aromatic carbocycles. The molecule has 3 rings (SSSR count). The number of aromatic amines is 1. The van der Waals surface area contributed by atoms with Crippen molar-refractivity contribution < 1.29 is 0 Å². The lowest BCUT2D eigenvalue weighted by molar-refractivity contribution is 0.708. The van der Waals surface area contributed by atoms with Crippen LogP contribution in [-0.2, 0) is 13.6 Å². The summed E-state index contributed by atoms with van der Waals surface area (Å²) in [6.07, 6.45) is 1.56. The molecule has 0 atom stereocenters. The van der Waals surface area contributed by atoms with Gasteiger partial charge in [0.05, 0.1) is 11.9 Å². The summed E-state index contributed by atoms with van der Waals surface area (Å²) in [5.41, 5.74) is 4.92. The lowest BCUT2D eigenvalue weighted by Crippen LogP contribution is -2.21. The number of hydrogen-bond acceptors (Lipinski definition) is 3. The van der Waals surface area contributed by atoms with Crippen LogP contribution in [0.15, 0.2) is 29.2 Å². The highest BCUT2D eigenvalue weighted by molar-refractivity contribution is 6.32. The first kappa shape index (κ1) is 14.7. The number of nitrogens with one attached hydrogen (secondary N) is 2. The number of aryl methyl sites for hydroxylation is 3. The largest absolute Gasteiger partial charge is 0.378 e. The number of benzene rings is 1. The van der Waals surface area contributed by atoms with E-state index in [0.717, 1.165) is 11.1 Å². The van der Waals surface area contributed by atoms with Gasteiger partial charge in [-0.1, -0.05) is 17.7 Å². The van der Waals surface area contributed by atoms with Gasteiger partial charge < -0.3 is 10.3 Å². The SMILES string of the molecule is Cc1[nH]c2ccc(CNc3cnn(C)c(=O)c3Cl)cc2c1C. The lowest BCUT2D eigenvalue weighted by Gasteiger charge is -2.09. The molecule has 2 N–H and O–H groups in total. The molecule has 0 radical (unpaired) electrons. The molecule has 0 saturated carbocycles. The van der Waals surface area contributed by atoms with Crippen LogP contribution in [0.4, 0.5) is 5.69 Å². The molecular formula is C16H17ClN4O. The van der Waals surface area contributed by atoms with Crippen molar-refractivity contribution >= 4 is 28.2 Å². The molecule has 0 aliphatic carbocycles. The Kier molecular flexibility index (Phi) is 3.66. The molecule has 114 valence electrons. The average molecular weight is 317 g/mol. The summed E-state index contributed by atoms with van der Waals surface area (Å²) in [7, 11) is 1.57. The van der Waals surface area contributed by atoms with Crippen LogP contribution in [0.3, 0.4) is 0 Å². The first-order valence-corrected chi connectivity index (χ1v) is 7.38. The first-order chi connectivity index (χ1) is 10.5. The summed E-state index contributed by atoms with van der Waals surface area (Å²) >= 11 is 6.05. The molecule has 0 spiro atoms. The van der Waals surface area contributed by atoms with Crippen LogP contribution in [-0.4, -0.2) is 14.8 Å². The van der Waals surface area contributed by atoms with Gasteiger partial charge >= 0.3 is 0 Å². The van der Waals surface area contributed by atoms with E-state index in [4.69, 9.17) is 11.6 Å². The zero-order chi connectivity index (χ0) is 15.9. The van der Waals surface area contributed by atoms with E-state index < -0.39 is 0 Å². The number of aromatic nitrogens is 3. The molecule has 0 unspecified atom stereocenters. The van der Waals surface area contributed by atoms with Crippen molar-refractivity contribution in [3.05, 3.63) is 56.6 Å². The number of H-pyrrole nitrogens is 1. The Bertz CT molecular complexity index is 910. The molecule has 3 aromatic rings. The van der Waals surface area contributed by atoms with Gasteiger partial charge in [-0.3, -0.25) is 4.79 Å². The number of halogens is 1. The highest BCUT2D eigenvalue weighted by Gasteiger charge is 2.08. The van der Waals surface area contributed by atoms with E-state index in [0.29, 0.717) is 12.2 Å². The number of fused-ring (bicyclic) bond motifs is 1. The van der Waals surface area contributed by atoms with Crippen LogP contribution in [0, 0.1) is 13.8 Å². The second-order valence-electron chi connectivity index (χ2n) is 5.41. The topological polar surface area (TPSA) is 62.7 Å². The molecule has 0 saturated heterocycles. The number of nitrogens with zero attached hydrogens (tertiary/aromatic N) is 2. The maximum Gasteiger partial charge on any atom is 0.287 e. The summed E-state index contributed by atoms with van der Waals surface area (Å²) in [5.74, 6) is 0. The van der Waals surface area contributed by atoms with Crippen LogP contribution in [0.2, 0.25) is 5.02 Å². The monoisotopic (exact) mass is 316 g/mol. The highest BCUT2D eigenvalue weighted by Crippen LogP contribution is 2.23. The molecule has 22 heavy (non-hydrogen) atoms. The second-order valence-corrected chi connectivity index (χ2v) is 5.79. The van der Waals surface area contributed by atoms with Crippen molar-refractivity contribution in [1.82, 2.24) is 14.8 Å². The van der Waals surface area contributed by atoms with Gasteiger partial charge in [-0.25, -0.2) is 4.68 Å². The summed E-state index contributed by atoms with van der Waals surface area (Å²) < 4.78 is 1.21. The van der Waals surface area contributed by atoms with Crippen LogP contribution >= 0.6 is 11.6 Å². The fraction of sp³-hybridized carbons (Fsp3) is 0.250. The molecule has 0 aliphatic heterocycles. The summed E-state index contributed by atoms with van der Waals surface area (Å²) in [5, 5.41) is 8.51. The van der Waals surface area contributed by atoms with Crippen LogP contribution < -0.4 is 10.9 Å². The van der Waals surface area contributed by atoms with Crippen LogP contribution in [0.25, 0.3) is 10.9 Å². The third-order valence-corrected chi connectivity index (χ3v) is 4.30. The minimum Gasteiger partial charge on any atom is -0.378 e. The minimum atomic E-state index is -0.306. The zero-order valence-corrected chi connectivity index (χ0v) is 13.5. The summed E-state index contributed by atoms with van der Waals surface area (Å²) in [6, 6.07) is 6.26. The Labute approximate surface area is 132 Å². The fourth-order valence-electron chi connectivity index (χ4n) is 2.45. The molecule has 0 fully saturated rings. The third-order valence-electron chi connectivity index (χ3n) is 3.93. The summed E-state index contributed by atoms with van der Waals surface area (Å²) in [4.78, 5) is 15.1. The van der Waals surface area contributed by atoms with E-state index in [2.05, 4.69) is 41.4 Å². The molecule has 0 amide bonds. The number of rotatable bonds is 3. The predicted octanol–water partition coefficient (Wildman–Crippen LogP) is 3.14. The number of hydrogen-bond donors (Lipinski definition) is 2. The number of anilines is 1. The van der Waals surface area contributed by atoms with E-state index in [-0.39, 0.29) is 10.6 Å². The highest BCUT2D eigenvalue weighted by atomic mass is 35.5. The molecule has 2 heterocycles. The predicted molar refractivity (Wildman–Crippen MR) is 89.6 cm³/mol. The van der Waals surface area contributed by atoms with Gasteiger partial charge in [-0.05, 0) is 37.1 Å². The first-order valence-electron chi connectivity index (χ1n) is 7.01. The van der Waals surface area contributed by atoms with Gasteiger partial charge in [-0.15, -0.1) is 0 Å². The molecule has 0 bridgehead atoms. The van der Waals surface area contributed by atoms with E-state index in [1.165, 1.54) is 21.3 Å². The van der Waals surface area contributed by atoms with Gasteiger partial charge in [0, 0.05) is 30.2 Å². The van der Waals surface area contributed by atoms with Crippen LogP contribution in [0.5, 0.6) is 0 Å². The van der Waals surface area contributed by atoms with Crippen molar-refractivity contribution in [3.63, 3.8) is 0 Å². The van der Waals surface area contributed by atoms with E-state index in [1.54, 1.807) is 13.2 Å². The molecule has 5 nitrogen and oxygen atoms in total. The summed E-state index contributed by atoms with van der Waals surface area (Å²) in [6.45, 7) is 4.75. The van der Waals surface area contributed by atoms with Crippen molar-refractivity contribution in [3.8, 4) is 0 Å². The second kappa shape index (κ2) is 5.50. The van der Waals surface area contributed by atoms with Crippen molar-refractivity contribution in [2.75, 3.05) is 5.32 Å². The van der Waals surface area contributed by atoms with E-state index >= 15 is 0 Å². The molecule has 6 heteroatoms. The fourth-order valence-corrected chi connectivity index (χ4v) is 2.69. The van der Waals surface area contributed by atoms with Gasteiger partial charge in [0.25, 0.3) is 5.56 Å². The maximum atomic E-state index is 11.7. The third kappa shape index (κ3) is 2.48. The lowest BCUT2D eigenvalue weighted by atomic mass is 10.1. The Hall–Kier alpha value is -2.27. The quantitative estimate of drug-likeness (QED) is 0.780. The maximum absolute atomic E-state index is 11.7. The van der Waals surface area contributed by atoms with Gasteiger partial charge in [0.1, 0.15) is 5.02 Å². The Morgan fingerprint density at radius 2 is 2.14 bits per heavy atom. The Balaban J connectivity index is 1.86. The van der Waals surface area contributed by atoms with Crippen LogP contribution in [0.1, 0.15) is 16.8 Å². The van der Waals surface area contributed by atoms with Gasteiger partial charge in [0.2, 0.25) is 0 Å². The minimum absolute atomic E-state index is 0.159.